The Balaban J connectivity index is 2.14. The van der Waals surface area contributed by atoms with Crippen LogP contribution in [0, 0.1) is 0 Å². The number of nitrogens with one attached hydrogen (secondary N) is 1. The molecule has 3 aromatic rings. The maximum atomic E-state index is 9.53. The summed E-state index contributed by atoms with van der Waals surface area (Å²) in [6.07, 6.45) is 3.42. The van der Waals surface area contributed by atoms with Gasteiger partial charge in [-0.15, -0.1) is 0 Å². The van der Waals surface area contributed by atoms with Crippen LogP contribution in [-0.2, 0) is 0 Å². The van der Waals surface area contributed by atoms with E-state index in [1.807, 2.05) is 13.0 Å². The summed E-state index contributed by atoms with van der Waals surface area (Å²) in [7, 11) is 0. The first-order chi connectivity index (χ1) is 9.28. The second kappa shape index (κ2) is 4.61. The number of fused-ring (bicyclic) bond motifs is 1. The van der Waals surface area contributed by atoms with Gasteiger partial charge < -0.3 is 14.8 Å². The van der Waals surface area contributed by atoms with Crippen LogP contribution in [0.1, 0.15) is 6.92 Å². The summed E-state index contributed by atoms with van der Waals surface area (Å²) in [5.41, 5.74) is 2.53. The average molecular weight is 255 g/mol. The molecule has 0 fully saturated rings. The van der Waals surface area contributed by atoms with Crippen molar-refractivity contribution in [3.63, 3.8) is 0 Å². The first kappa shape index (κ1) is 11.5. The van der Waals surface area contributed by atoms with Crippen molar-refractivity contribution in [3.05, 3.63) is 36.7 Å². The van der Waals surface area contributed by atoms with Crippen LogP contribution in [0.2, 0.25) is 0 Å². The lowest BCUT2D eigenvalue weighted by Gasteiger charge is -2.08. The molecule has 2 heterocycles. The van der Waals surface area contributed by atoms with E-state index in [1.165, 1.54) is 0 Å². The summed E-state index contributed by atoms with van der Waals surface area (Å²) in [5, 5.41) is 9.53. The summed E-state index contributed by atoms with van der Waals surface area (Å²) in [6.45, 7) is 2.43. The molecule has 2 aromatic heterocycles. The van der Waals surface area contributed by atoms with Gasteiger partial charge in [-0.3, -0.25) is 4.98 Å². The van der Waals surface area contributed by atoms with E-state index in [0.717, 1.165) is 16.6 Å². The minimum atomic E-state index is 0.171. The smallest absolute Gasteiger partial charge is 0.142 e. The van der Waals surface area contributed by atoms with Crippen molar-refractivity contribution in [1.82, 2.24) is 15.0 Å². The molecule has 0 bridgehead atoms. The molecule has 0 aliphatic carbocycles. The number of hydrogen-bond donors (Lipinski definition) is 2. The number of pyridine rings is 1. The minimum absolute atomic E-state index is 0.171. The maximum absolute atomic E-state index is 9.53. The van der Waals surface area contributed by atoms with Crippen molar-refractivity contribution >= 4 is 11.0 Å². The van der Waals surface area contributed by atoms with E-state index in [0.29, 0.717) is 18.2 Å². The van der Waals surface area contributed by atoms with E-state index in [9.17, 15) is 5.11 Å². The van der Waals surface area contributed by atoms with Gasteiger partial charge in [0, 0.05) is 12.3 Å². The third kappa shape index (κ3) is 2.10. The molecule has 0 spiro atoms. The highest BCUT2D eigenvalue weighted by atomic mass is 16.5. The van der Waals surface area contributed by atoms with Gasteiger partial charge in [0.25, 0.3) is 0 Å². The molecule has 0 aliphatic rings. The topological polar surface area (TPSA) is 71.0 Å². The minimum Gasteiger partial charge on any atom is -0.508 e. The normalized spacial score (nSPS) is 10.8. The van der Waals surface area contributed by atoms with E-state index in [2.05, 4.69) is 15.0 Å². The van der Waals surface area contributed by atoms with Gasteiger partial charge in [0.2, 0.25) is 0 Å². The fraction of sp³-hybridized carbons (Fsp3) is 0.143. The molecule has 5 nitrogen and oxygen atoms in total. The van der Waals surface area contributed by atoms with Gasteiger partial charge in [0.15, 0.2) is 0 Å². The fourth-order valence-electron chi connectivity index (χ4n) is 1.97. The van der Waals surface area contributed by atoms with Crippen LogP contribution in [0.25, 0.3) is 22.4 Å². The molecule has 96 valence electrons. The van der Waals surface area contributed by atoms with Crippen molar-refractivity contribution in [3.8, 4) is 22.9 Å². The highest BCUT2D eigenvalue weighted by Crippen LogP contribution is 2.32. The van der Waals surface area contributed by atoms with Crippen molar-refractivity contribution in [2.75, 3.05) is 6.61 Å². The van der Waals surface area contributed by atoms with Crippen LogP contribution in [0.4, 0.5) is 0 Å². The number of aromatic hydroxyl groups is 1. The Bertz CT molecular complexity index is 689. The maximum Gasteiger partial charge on any atom is 0.142 e. The summed E-state index contributed by atoms with van der Waals surface area (Å²) in [5.74, 6) is 1.48. The predicted octanol–water partition coefficient (Wildman–Crippen LogP) is 2.73. The van der Waals surface area contributed by atoms with Crippen LogP contribution < -0.4 is 4.74 Å². The number of aromatic nitrogens is 3. The highest BCUT2D eigenvalue weighted by molar-refractivity contribution is 5.80. The number of phenols is 1. The summed E-state index contributed by atoms with van der Waals surface area (Å²) < 4.78 is 5.53. The van der Waals surface area contributed by atoms with Crippen LogP contribution in [0.5, 0.6) is 11.5 Å². The van der Waals surface area contributed by atoms with Crippen LogP contribution in [0.15, 0.2) is 36.7 Å². The van der Waals surface area contributed by atoms with Crippen LogP contribution in [-0.4, -0.2) is 26.7 Å². The quantitative estimate of drug-likeness (QED) is 0.754. The largest absolute Gasteiger partial charge is 0.508 e. The van der Waals surface area contributed by atoms with Gasteiger partial charge in [-0.1, -0.05) is 0 Å². The molecule has 0 saturated heterocycles. The number of rotatable bonds is 3. The SMILES string of the molecule is CCOc1cc(O)ccc1-c1nc2cnccc2[nH]1. The number of phenolic OH excluding ortho intramolecular Hbond substituents is 1. The number of ether oxygens (including phenoxy) is 1. The van der Waals surface area contributed by atoms with Crippen molar-refractivity contribution in [2.45, 2.75) is 6.92 Å². The molecule has 2 N–H and O–H groups in total. The van der Waals surface area contributed by atoms with E-state index >= 15 is 0 Å². The van der Waals surface area contributed by atoms with E-state index in [1.54, 1.807) is 30.6 Å². The molecule has 0 radical (unpaired) electrons. The van der Waals surface area contributed by atoms with E-state index in [4.69, 9.17) is 4.74 Å². The molecule has 19 heavy (non-hydrogen) atoms. The standard InChI is InChI=1S/C14H13N3O2/c1-2-19-13-7-9(18)3-4-10(13)14-16-11-5-6-15-8-12(11)17-14/h3-8,18H,2H2,1H3,(H,16,17). The third-order valence-electron chi connectivity index (χ3n) is 2.81. The molecule has 0 saturated carbocycles. The molecular weight excluding hydrogens is 242 g/mol. The van der Waals surface area contributed by atoms with Gasteiger partial charge >= 0.3 is 0 Å². The zero-order chi connectivity index (χ0) is 13.2. The molecular formula is C14H13N3O2. The fourth-order valence-corrected chi connectivity index (χ4v) is 1.97. The van der Waals surface area contributed by atoms with Gasteiger partial charge in [0.1, 0.15) is 22.8 Å². The molecule has 3 rings (SSSR count). The van der Waals surface area contributed by atoms with Crippen LogP contribution in [0.3, 0.4) is 0 Å². The Morgan fingerprint density at radius 2 is 2.21 bits per heavy atom. The number of aromatic amines is 1. The Hall–Kier alpha value is -2.56. The Morgan fingerprint density at radius 1 is 1.32 bits per heavy atom. The van der Waals surface area contributed by atoms with Crippen molar-refractivity contribution in [2.24, 2.45) is 0 Å². The zero-order valence-electron chi connectivity index (χ0n) is 10.4. The van der Waals surface area contributed by atoms with Gasteiger partial charge in [-0.25, -0.2) is 4.98 Å². The average Bonchev–Trinajstić information content (AvgIpc) is 2.82. The summed E-state index contributed by atoms with van der Waals surface area (Å²) >= 11 is 0. The van der Waals surface area contributed by atoms with E-state index < -0.39 is 0 Å². The predicted molar refractivity (Wildman–Crippen MR) is 72.2 cm³/mol. The number of nitrogens with zero attached hydrogens (tertiary/aromatic N) is 2. The Kier molecular flexibility index (Phi) is 2.79. The second-order valence-electron chi connectivity index (χ2n) is 4.09. The Morgan fingerprint density at radius 3 is 3.00 bits per heavy atom. The molecule has 0 unspecified atom stereocenters. The molecule has 0 atom stereocenters. The number of hydrogen-bond acceptors (Lipinski definition) is 4. The number of benzene rings is 1. The second-order valence-corrected chi connectivity index (χ2v) is 4.09. The Labute approximate surface area is 109 Å². The molecule has 1 aromatic carbocycles. The van der Waals surface area contributed by atoms with Crippen molar-refractivity contribution < 1.29 is 9.84 Å². The first-order valence-corrected chi connectivity index (χ1v) is 6.04. The van der Waals surface area contributed by atoms with Gasteiger partial charge in [-0.05, 0) is 25.1 Å². The monoisotopic (exact) mass is 255 g/mol. The number of H-pyrrole nitrogens is 1. The lowest BCUT2D eigenvalue weighted by Crippen LogP contribution is -1.94. The lowest BCUT2D eigenvalue weighted by atomic mass is 10.2. The van der Waals surface area contributed by atoms with Crippen LogP contribution >= 0.6 is 0 Å². The third-order valence-corrected chi connectivity index (χ3v) is 2.81. The summed E-state index contributed by atoms with van der Waals surface area (Å²) in [4.78, 5) is 11.7. The zero-order valence-corrected chi connectivity index (χ0v) is 10.4. The first-order valence-electron chi connectivity index (χ1n) is 6.04. The molecule has 5 heteroatoms. The number of imidazole rings is 1. The van der Waals surface area contributed by atoms with E-state index in [-0.39, 0.29) is 5.75 Å². The molecule has 0 aliphatic heterocycles. The highest BCUT2D eigenvalue weighted by Gasteiger charge is 2.11. The van der Waals surface area contributed by atoms with Crippen molar-refractivity contribution in [1.29, 1.82) is 0 Å². The van der Waals surface area contributed by atoms with Gasteiger partial charge in [0.05, 0.1) is 23.9 Å². The van der Waals surface area contributed by atoms with Gasteiger partial charge in [-0.2, -0.15) is 0 Å². The lowest BCUT2D eigenvalue weighted by molar-refractivity contribution is 0.339. The summed E-state index contributed by atoms with van der Waals surface area (Å²) in [6, 6.07) is 6.85. The molecule has 0 amide bonds.